The summed E-state index contributed by atoms with van der Waals surface area (Å²) in [6.07, 6.45) is 4.58. The number of rotatable bonds is 4. The first-order chi connectivity index (χ1) is 11.6. The largest absolute Gasteiger partial charge is 0.323 e. The fraction of sp³-hybridized carbons (Fsp3) is 0.125. The Bertz CT molecular complexity index is 836. The van der Waals surface area contributed by atoms with Crippen LogP contribution in [0.25, 0.3) is 5.82 Å². The van der Waals surface area contributed by atoms with Crippen molar-refractivity contribution in [2.24, 2.45) is 0 Å². The number of benzene rings is 1. The van der Waals surface area contributed by atoms with Crippen LogP contribution in [0.2, 0.25) is 0 Å². The van der Waals surface area contributed by atoms with Gasteiger partial charge in [-0.1, -0.05) is 34.1 Å². The number of hydrogen-bond acceptors (Lipinski definition) is 4. The summed E-state index contributed by atoms with van der Waals surface area (Å²) in [5.41, 5.74) is 1.59. The third-order valence-electron chi connectivity index (χ3n) is 3.38. The smallest absolute Gasteiger partial charge is 0.321 e. The average molecular weight is 387 g/mol. The zero-order chi connectivity index (χ0) is 16.9. The van der Waals surface area contributed by atoms with Crippen molar-refractivity contribution in [2.45, 2.75) is 6.54 Å². The highest BCUT2D eigenvalue weighted by Gasteiger charge is 2.14. The highest BCUT2D eigenvalue weighted by atomic mass is 79.9. The van der Waals surface area contributed by atoms with E-state index in [9.17, 15) is 4.79 Å². The van der Waals surface area contributed by atoms with Crippen LogP contribution in [-0.2, 0) is 6.54 Å². The highest BCUT2D eigenvalue weighted by molar-refractivity contribution is 9.10. The molecule has 1 aromatic carbocycles. The molecule has 0 bridgehead atoms. The summed E-state index contributed by atoms with van der Waals surface area (Å²) in [7, 11) is 1.74. The zero-order valence-electron chi connectivity index (χ0n) is 12.9. The lowest BCUT2D eigenvalue weighted by molar-refractivity contribution is 0.220. The Morgan fingerprint density at radius 3 is 2.88 bits per heavy atom. The molecule has 0 saturated heterocycles. The van der Waals surface area contributed by atoms with E-state index in [1.807, 2.05) is 24.3 Å². The van der Waals surface area contributed by atoms with Crippen molar-refractivity contribution in [3.8, 4) is 5.82 Å². The molecule has 0 radical (unpaired) electrons. The van der Waals surface area contributed by atoms with Gasteiger partial charge < -0.3 is 10.2 Å². The molecule has 3 aromatic rings. The maximum Gasteiger partial charge on any atom is 0.321 e. The van der Waals surface area contributed by atoms with Crippen molar-refractivity contribution >= 4 is 27.6 Å². The van der Waals surface area contributed by atoms with Crippen molar-refractivity contribution in [2.75, 3.05) is 12.4 Å². The molecule has 0 aliphatic heterocycles. The summed E-state index contributed by atoms with van der Waals surface area (Å²) in [5.74, 6) is 0.512. The van der Waals surface area contributed by atoms with Gasteiger partial charge in [0.2, 0.25) is 0 Å². The van der Waals surface area contributed by atoms with Gasteiger partial charge in [0, 0.05) is 24.3 Å². The van der Waals surface area contributed by atoms with Gasteiger partial charge in [-0.3, -0.25) is 0 Å². The van der Waals surface area contributed by atoms with Crippen LogP contribution in [0.3, 0.4) is 0 Å². The van der Waals surface area contributed by atoms with Crippen LogP contribution < -0.4 is 5.32 Å². The maximum atomic E-state index is 12.5. The van der Waals surface area contributed by atoms with Gasteiger partial charge in [-0.25, -0.2) is 19.4 Å². The topological polar surface area (TPSA) is 75.9 Å². The molecule has 3 rings (SSSR count). The van der Waals surface area contributed by atoms with Crippen molar-refractivity contribution in [3.63, 3.8) is 0 Å². The van der Waals surface area contributed by atoms with E-state index < -0.39 is 0 Å². The molecular formula is C16H15BrN6O. The molecule has 0 spiro atoms. The van der Waals surface area contributed by atoms with E-state index in [1.165, 1.54) is 17.3 Å². The number of hydrogen-bond donors (Lipinski definition) is 1. The monoisotopic (exact) mass is 386 g/mol. The Morgan fingerprint density at radius 2 is 2.12 bits per heavy atom. The number of pyridine rings is 1. The van der Waals surface area contributed by atoms with Crippen LogP contribution in [0, 0.1) is 0 Å². The summed E-state index contributed by atoms with van der Waals surface area (Å²) in [6.45, 7) is 0.478. The number of nitrogens with one attached hydrogen (secondary N) is 1. The lowest BCUT2D eigenvalue weighted by Crippen LogP contribution is -2.31. The van der Waals surface area contributed by atoms with Crippen molar-refractivity contribution in [1.29, 1.82) is 0 Å². The van der Waals surface area contributed by atoms with Gasteiger partial charge in [0.25, 0.3) is 0 Å². The Labute approximate surface area is 147 Å². The lowest BCUT2D eigenvalue weighted by atomic mass is 10.2. The van der Waals surface area contributed by atoms with E-state index in [0.29, 0.717) is 18.1 Å². The number of amides is 2. The van der Waals surface area contributed by atoms with Crippen LogP contribution in [-0.4, -0.2) is 37.7 Å². The number of urea groups is 1. The average Bonchev–Trinajstić information content (AvgIpc) is 3.11. The minimum absolute atomic E-state index is 0.236. The van der Waals surface area contributed by atoms with E-state index in [1.54, 1.807) is 30.3 Å². The Hall–Kier alpha value is -2.74. The lowest BCUT2D eigenvalue weighted by Gasteiger charge is -2.19. The molecule has 0 saturated carbocycles. The molecule has 2 aromatic heterocycles. The maximum absolute atomic E-state index is 12.5. The van der Waals surface area contributed by atoms with E-state index in [4.69, 9.17) is 0 Å². The van der Waals surface area contributed by atoms with Gasteiger partial charge >= 0.3 is 6.03 Å². The molecule has 122 valence electrons. The first-order valence-corrected chi connectivity index (χ1v) is 8.00. The van der Waals surface area contributed by atoms with E-state index >= 15 is 0 Å². The predicted octanol–water partition coefficient (Wildman–Crippen LogP) is 3.09. The molecule has 24 heavy (non-hydrogen) atoms. The van der Waals surface area contributed by atoms with E-state index in [2.05, 4.69) is 36.3 Å². The third kappa shape index (κ3) is 3.60. The predicted molar refractivity (Wildman–Crippen MR) is 93.8 cm³/mol. The number of anilines is 1. The quantitative estimate of drug-likeness (QED) is 0.747. The summed E-state index contributed by atoms with van der Waals surface area (Å²) in [4.78, 5) is 22.2. The molecule has 0 atom stereocenters. The molecule has 7 nitrogen and oxygen atoms in total. The Kier molecular flexibility index (Phi) is 4.85. The van der Waals surface area contributed by atoms with E-state index in [0.717, 1.165) is 10.0 Å². The SMILES string of the molecule is CN(Cc1ccccc1Br)C(=O)Nc1cccnc1-n1cncn1. The molecule has 1 N–H and O–H groups in total. The molecule has 2 amide bonds. The minimum Gasteiger partial charge on any atom is -0.323 e. The number of nitrogens with zero attached hydrogens (tertiary/aromatic N) is 5. The Morgan fingerprint density at radius 1 is 1.29 bits per heavy atom. The fourth-order valence-corrected chi connectivity index (χ4v) is 2.57. The second-order valence-corrected chi connectivity index (χ2v) is 5.95. The number of halogens is 1. The number of carbonyl (C=O) groups excluding carboxylic acids is 1. The zero-order valence-corrected chi connectivity index (χ0v) is 14.5. The Balaban J connectivity index is 1.75. The molecular weight excluding hydrogens is 372 g/mol. The second kappa shape index (κ2) is 7.22. The second-order valence-electron chi connectivity index (χ2n) is 5.09. The number of carbonyl (C=O) groups is 1. The van der Waals surface area contributed by atoms with Crippen LogP contribution in [0.4, 0.5) is 10.5 Å². The van der Waals surface area contributed by atoms with Gasteiger partial charge in [-0.15, -0.1) is 0 Å². The van der Waals surface area contributed by atoms with Gasteiger partial charge in [0.1, 0.15) is 12.7 Å². The van der Waals surface area contributed by atoms with Crippen molar-refractivity contribution in [1.82, 2.24) is 24.6 Å². The summed E-state index contributed by atoms with van der Waals surface area (Å²) in [6, 6.07) is 11.1. The van der Waals surface area contributed by atoms with Gasteiger partial charge in [-0.05, 0) is 23.8 Å². The molecule has 0 fully saturated rings. The third-order valence-corrected chi connectivity index (χ3v) is 4.15. The van der Waals surface area contributed by atoms with Crippen LogP contribution in [0.5, 0.6) is 0 Å². The highest BCUT2D eigenvalue weighted by Crippen LogP contribution is 2.19. The summed E-state index contributed by atoms with van der Waals surface area (Å²) in [5, 5.41) is 6.91. The van der Waals surface area contributed by atoms with Gasteiger partial charge in [0.05, 0.1) is 5.69 Å². The molecule has 0 unspecified atom stereocenters. The standard InChI is InChI=1S/C16H15BrN6O/c1-22(9-12-5-2-3-6-13(12)17)16(24)21-14-7-4-8-19-15(14)23-11-18-10-20-23/h2-8,10-11H,9H2,1H3,(H,21,24). The first-order valence-electron chi connectivity index (χ1n) is 7.20. The van der Waals surface area contributed by atoms with Crippen LogP contribution >= 0.6 is 15.9 Å². The molecule has 2 heterocycles. The van der Waals surface area contributed by atoms with Gasteiger partial charge in [-0.2, -0.15) is 5.10 Å². The summed E-state index contributed by atoms with van der Waals surface area (Å²) < 4.78 is 2.47. The molecule has 0 aliphatic rings. The molecule has 8 heteroatoms. The van der Waals surface area contributed by atoms with Crippen LogP contribution in [0.1, 0.15) is 5.56 Å². The van der Waals surface area contributed by atoms with Gasteiger partial charge in [0.15, 0.2) is 5.82 Å². The van der Waals surface area contributed by atoms with Crippen LogP contribution in [0.15, 0.2) is 59.7 Å². The summed E-state index contributed by atoms with van der Waals surface area (Å²) >= 11 is 3.49. The number of aromatic nitrogens is 4. The normalized spacial score (nSPS) is 10.4. The van der Waals surface area contributed by atoms with Crippen molar-refractivity contribution in [3.05, 3.63) is 65.3 Å². The van der Waals surface area contributed by atoms with Crippen molar-refractivity contribution < 1.29 is 4.79 Å². The van der Waals surface area contributed by atoms with E-state index in [-0.39, 0.29) is 6.03 Å². The first kappa shape index (κ1) is 16.1. The minimum atomic E-state index is -0.236. The fourth-order valence-electron chi connectivity index (χ4n) is 2.16. The molecule has 0 aliphatic carbocycles.